The Labute approximate surface area is 107 Å². The van der Waals surface area contributed by atoms with E-state index < -0.39 is 5.97 Å². The fourth-order valence-electron chi connectivity index (χ4n) is 1.79. The molecule has 0 aliphatic heterocycles. The lowest BCUT2D eigenvalue weighted by molar-refractivity contribution is -0.137. The average Bonchev–Trinajstić information content (AvgIpc) is 2.25. The Morgan fingerprint density at radius 3 is 2.72 bits per heavy atom. The first-order chi connectivity index (χ1) is 8.47. The summed E-state index contributed by atoms with van der Waals surface area (Å²) in [5, 5.41) is 11.3. The van der Waals surface area contributed by atoms with Crippen LogP contribution < -0.4 is 5.32 Å². The molecule has 4 heteroatoms. The number of hydrogen-bond acceptors (Lipinski definition) is 2. The summed E-state index contributed by atoms with van der Waals surface area (Å²) in [6.45, 7) is 3.71. The molecule has 0 aliphatic carbocycles. The molecule has 0 heterocycles. The van der Waals surface area contributed by atoms with Crippen LogP contribution in [0.1, 0.15) is 30.9 Å². The van der Waals surface area contributed by atoms with E-state index >= 15 is 0 Å². The van der Waals surface area contributed by atoms with Gasteiger partial charge in [0.1, 0.15) is 0 Å². The van der Waals surface area contributed by atoms with Crippen LogP contribution in [0.2, 0.25) is 0 Å². The van der Waals surface area contributed by atoms with Gasteiger partial charge >= 0.3 is 5.97 Å². The third-order valence-electron chi connectivity index (χ3n) is 2.61. The smallest absolute Gasteiger partial charge is 0.305 e. The summed E-state index contributed by atoms with van der Waals surface area (Å²) >= 11 is 0. The Morgan fingerprint density at radius 2 is 2.11 bits per heavy atom. The lowest BCUT2D eigenvalue weighted by Crippen LogP contribution is -2.34. The Kier molecular flexibility index (Phi) is 5.36. The summed E-state index contributed by atoms with van der Waals surface area (Å²) in [7, 11) is 0. The van der Waals surface area contributed by atoms with Crippen LogP contribution in [-0.2, 0) is 16.0 Å². The van der Waals surface area contributed by atoms with Crippen LogP contribution in [0.25, 0.3) is 0 Å². The molecule has 0 aliphatic rings. The van der Waals surface area contributed by atoms with Crippen LogP contribution in [0.3, 0.4) is 0 Å². The van der Waals surface area contributed by atoms with Crippen LogP contribution in [0.4, 0.5) is 0 Å². The van der Waals surface area contributed by atoms with Gasteiger partial charge in [0.2, 0.25) is 5.91 Å². The van der Waals surface area contributed by atoms with Gasteiger partial charge in [-0.3, -0.25) is 9.59 Å². The van der Waals surface area contributed by atoms with Gasteiger partial charge in [0.05, 0.1) is 6.42 Å². The number of rotatable bonds is 6. The average molecular weight is 249 g/mol. The molecule has 98 valence electrons. The monoisotopic (exact) mass is 249 g/mol. The van der Waals surface area contributed by atoms with Crippen LogP contribution in [-0.4, -0.2) is 23.0 Å². The molecule has 0 fully saturated rings. The van der Waals surface area contributed by atoms with E-state index in [4.69, 9.17) is 5.11 Å². The first-order valence-corrected chi connectivity index (χ1v) is 6.04. The molecule has 0 spiro atoms. The number of aliphatic carboxylic acids is 1. The van der Waals surface area contributed by atoms with Gasteiger partial charge < -0.3 is 10.4 Å². The Morgan fingerprint density at radius 1 is 1.39 bits per heavy atom. The summed E-state index contributed by atoms with van der Waals surface area (Å²) < 4.78 is 0. The quantitative estimate of drug-likeness (QED) is 0.809. The summed E-state index contributed by atoms with van der Waals surface area (Å²) in [6.07, 6.45) is 1.01. The molecule has 1 atom stereocenters. The normalized spacial score (nSPS) is 11.9. The molecule has 0 saturated heterocycles. The molecule has 1 unspecified atom stereocenters. The molecule has 1 rings (SSSR count). The zero-order chi connectivity index (χ0) is 13.5. The molecule has 1 amide bonds. The maximum Gasteiger partial charge on any atom is 0.305 e. The summed E-state index contributed by atoms with van der Waals surface area (Å²) in [4.78, 5) is 22.0. The van der Waals surface area contributed by atoms with Gasteiger partial charge in [-0.15, -0.1) is 0 Å². The molecule has 18 heavy (non-hydrogen) atoms. The highest BCUT2D eigenvalue weighted by Crippen LogP contribution is 2.06. The van der Waals surface area contributed by atoms with Gasteiger partial charge in [-0.25, -0.2) is 0 Å². The van der Waals surface area contributed by atoms with E-state index in [1.54, 1.807) is 6.92 Å². The second kappa shape index (κ2) is 6.79. The number of benzene rings is 1. The first-order valence-electron chi connectivity index (χ1n) is 6.04. The predicted octanol–water partition coefficient (Wildman–Crippen LogP) is 1.91. The fraction of sp³-hybridized carbons (Fsp3) is 0.429. The largest absolute Gasteiger partial charge is 0.481 e. The minimum atomic E-state index is -0.901. The molecular weight excluding hydrogens is 230 g/mol. The van der Waals surface area contributed by atoms with Crippen molar-refractivity contribution in [1.82, 2.24) is 5.32 Å². The number of hydrogen-bond donors (Lipinski definition) is 2. The van der Waals surface area contributed by atoms with Crippen LogP contribution in [0, 0.1) is 6.92 Å². The van der Waals surface area contributed by atoms with E-state index in [0.717, 1.165) is 5.56 Å². The van der Waals surface area contributed by atoms with E-state index in [0.29, 0.717) is 12.8 Å². The number of carboxylic acid groups (broad SMARTS) is 1. The lowest BCUT2D eigenvalue weighted by atomic mass is 10.1. The highest BCUT2D eigenvalue weighted by Gasteiger charge is 2.10. The Balaban J connectivity index is 2.35. The predicted molar refractivity (Wildman–Crippen MR) is 69.4 cm³/mol. The number of carbonyl (C=O) groups excluding carboxylic acids is 1. The topological polar surface area (TPSA) is 66.4 Å². The van der Waals surface area contributed by atoms with E-state index in [1.165, 1.54) is 5.56 Å². The molecular formula is C14H19NO3. The van der Waals surface area contributed by atoms with E-state index in [9.17, 15) is 9.59 Å². The van der Waals surface area contributed by atoms with E-state index in [-0.39, 0.29) is 18.4 Å². The van der Waals surface area contributed by atoms with Crippen LogP contribution in [0.5, 0.6) is 0 Å². The Bertz CT molecular complexity index is 429. The van der Waals surface area contributed by atoms with Crippen molar-refractivity contribution in [3.8, 4) is 0 Å². The van der Waals surface area contributed by atoms with E-state index in [1.807, 2.05) is 31.2 Å². The second-order valence-corrected chi connectivity index (χ2v) is 4.56. The third kappa shape index (κ3) is 5.48. The SMILES string of the molecule is Cc1cccc(CCC(=O)NC(C)CC(=O)O)c1. The number of carboxylic acids is 1. The number of nitrogens with one attached hydrogen (secondary N) is 1. The number of aryl methyl sites for hydroxylation is 2. The molecule has 1 aromatic rings. The molecule has 1 aromatic carbocycles. The van der Waals surface area contributed by atoms with Gasteiger partial charge in [0.15, 0.2) is 0 Å². The third-order valence-corrected chi connectivity index (χ3v) is 2.61. The zero-order valence-electron chi connectivity index (χ0n) is 10.8. The lowest BCUT2D eigenvalue weighted by Gasteiger charge is -2.11. The summed E-state index contributed by atoms with van der Waals surface area (Å²) in [5.41, 5.74) is 2.29. The molecule has 0 aromatic heterocycles. The van der Waals surface area contributed by atoms with Gasteiger partial charge in [-0.1, -0.05) is 29.8 Å². The van der Waals surface area contributed by atoms with Crippen molar-refractivity contribution in [3.05, 3.63) is 35.4 Å². The number of carbonyl (C=O) groups is 2. The van der Waals surface area contributed by atoms with Gasteiger partial charge in [0.25, 0.3) is 0 Å². The summed E-state index contributed by atoms with van der Waals surface area (Å²) in [5.74, 6) is -1.01. The molecule has 0 radical (unpaired) electrons. The fourth-order valence-corrected chi connectivity index (χ4v) is 1.79. The van der Waals surface area contributed by atoms with Gasteiger partial charge in [-0.2, -0.15) is 0 Å². The zero-order valence-corrected chi connectivity index (χ0v) is 10.8. The molecule has 0 bridgehead atoms. The molecule has 2 N–H and O–H groups in total. The Hall–Kier alpha value is -1.84. The van der Waals surface area contributed by atoms with Crippen molar-refractivity contribution in [3.63, 3.8) is 0 Å². The van der Waals surface area contributed by atoms with Gasteiger partial charge in [0, 0.05) is 12.5 Å². The molecule has 0 saturated carbocycles. The van der Waals surface area contributed by atoms with Crippen molar-refractivity contribution in [2.45, 2.75) is 39.2 Å². The van der Waals surface area contributed by atoms with Crippen molar-refractivity contribution < 1.29 is 14.7 Å². The van der Waals surface area contributed by atoms with Gasteiger partial charge in [-0.05, 0) is 25.8 Å². The van der Waals surface area contributed by atoms with Crippen molar-refractivity contribution >= 4 is 11.9 Å². The standard InChI is InChI=1S/C14H19NO3/c1-10-4-3-5-12(8-10)6-7-13(16)15-11(2)9-14(17)18/h3-5,8,11H,6-7,9H2,1-2H3,(H,15,16)(H,17,18). The van der Waals surface area contributed by atoms with Crippen molar-refractivity contribution in [2.24, 2.45) is 0 Å². The molecule has 4 nitrogen and oxygen atoms in total. The minimum Gasteiger partial charge on any atom is -0.481 e. The minimum absolute atomic E-state index is 0.0455. The highest BCUT2D eigenvalue weighted by molar-refractivity contribution is 5.77. The second-order valence-electron chi connectivity index (χ2n) is 4.56. The summed E-state index contributed by atoms with van der Waals surface area (Å²) in [6, 6.07) is 7.69. The van der Waals surface area contributed by atoms with Crippen molar-refractivity contribution in [2.75, 3.05) is 0 Å². The maximum absolute atomic E-state index is 11.6. The maximum atomic E-state index is 11.6. The first kappa shape index (κ1) is 14.2. The highest BCUT2D eigenvalue weighted by atomic mass is 16.4. The van der Waals surface area contributed by atoms with Crippen molar-refractivity contribution in [1.29, 1.82) is 0 Å². The number of amides is 1. The van der Waals surface area contributed by atoms with Crippen LogP contribution >= 0.6 is 0 Å². The van der Waals surface area contributed by atoms with Crippen LogP contribution in [0.15, 0.2) is 24.3 Å². The van der Waals surface area contributed by atoms with E-state index in [2.05, 4.69) is 5.32 Å².